The minimum absolute atomic E-state index is 0.400. The van der Waals surface area contributed by atoms with Gasteiger partial charge in [-0.2, -0.15) is 0 Å². The zero-order valence-corrected chi connectivity index (χ0v) is 12.4. The summed E-state index contributed by atoms with van der Waals surface area (Å²) in [7, 11) is 0. The molecule has 0 aromatic heterocycles. The number of quaternary nitrogens is 1. The van der Waals surface area contributed by atoms with E-state index in [-0.39, 0.29) is 0 Å². The van der Waals surface area contributed by atoms with Gasteiger partial charge < -0.3 is 10.4 Å². The summed E-state index contributed by atoms with van der Waals surface area (Å²) in [5.41, 5.74) is -1.29. The summed E-state index contributed by atoms with van der Waals surface area (Å²) in [5, 5.41) is 13.5. The topological polar surface area (TPSA) is 36.8 Å². The molecular formula is C18H28NO+. The maximum atomic E-state index is 11.2. The average Bonchev–Trinajstić information content (AvgIpc) is 2.40. The Morgan fingerprint density at radius 1 is 1.15 bits per heavy atom. The molecule has 0 aliphatic carbocycles. The summed E-state index contributed by atoms with van der Waals surface area (Å²) in [6.07, 6.45) is 15.4. The fourth-order valence-electron chi connectivity index (χ4n) is 3.19. The van der Waals surface area contributed by atoms with E-state index in [2.05, 4.69) is 43.8 Å². The first kappa shape index (κ1) is 16.7. The molecule has 0 aromatic carbocycles. The fraction of sp³-hybridized carbons (Fsp3) is 0.444. The fourth-order valence-corrected chi connectivity index (χ4v) is 3.19. The van der Waals surface area contributed by atoms with Gasteiger partial charge in [-0.25, -0.2) is 0 Å². The molecule has 1 heterocycles. The second kappa shape index (κ2) is 7.41. The lowest BCUT2D eigenvalue weighted by atomic mass is 9.70. The number of rotatable bonds is 9. The van der Waals surface area contributed by atoms with E-state index in [1.807, 2.05) is 12.2 Å². The first-order valence-electron chi connectivity index (χ1n) is 7.27. The zero-order valence-electron chi connectivity index (χ0n) is 12.4. The monoisotopic (exact) mass is 274 g/mol. The van der Waals surface area contributed by atoms with Gasteiger partial charge in [-0.1, -0.05) is 30.4 Å². The summed E-state index contributed by atoms with van der Waals surface area (Å²) < 4.78 is 0. The summed E-state index contributed by atoms with van der Waals surface area (Å²) in [6.45, 7) is 15.3. The predicted molar refractivity (Wildman–Crippen MR) is 86.4 cm³/mol. The van der Waals surface area contributed by atoms with Crippen LogP contribution in [-0.2, 0) is 0 Å². The molecule has 3 N–H and O–H groups in total. The lowest BCUT2D eigenvalue weighted by Crippen LogP contribution is -3.05. The standard InChI is InChI=1S/C18H27NO/c1-5-10-16-11-9-15-17(19-16,12-6-2)18(20,13-7-3)14-8-4/h5-9,15-16,19-20H,1-4,10-14H2/p+1/t16-,17+/m0/s1. The van der Waals surface area contributed by atoms with Crippen molar-refractivity contribution in [3.8, 4) is 0 Å². The highest BCUT2D eigenvalue weighted by molar-refractivity contribution is 5.19. The van der Waals surface area contributed by atoms with Crippen LogP contribution in [0.4, 0.5) is 0 Å². The van der Waals surface area contributed by atoms with Crippen molar-refractivity contribution in [2.75, 3.05) is 0 Å². The van der Waals surface area contributed by atoms with Crippen LogP contribution in [0, 0.1) is 0 Å². The molecule has 1 rings (SSSR count). The van der Waals surface area contributed by atoms with Crippen LogP contribution in [0.2, 0.25) is 0 Å². The summed E-state index contributed by atoms with van der Waals surface area (Å²) in [5.74, 6) is 0. The van der Waals surface area contributed by atoms with E-state index in [1.54, 1.807) is 12.2 Å². The van der Waals surface area contributed by atoms with Crippen LogP contribution in [-0.4, -0.2) is 22.3 Å². The largest absolute Gasteiger partial charge is 0.382 e. The Morgan fingerprint density at radius 2 is 1.80 bits per heavy atom. The quantitative estimate of drug-likeness (QED) is 0.623. The predicted octanol–water partition coefficient (Wildman–Crippen LogP) is 2.65. The van der Waals surface area contributed by atoms with Crippen molar-refractivity contribution in [2.24, 2.45) is 0 Å². The Hall–Kier alpha value is -1.38. The molecule has 2 heteroatoms. The molecular weight excluding hydrogens is 246 g/mol. The maximum absolute atomic E-state index is 11.2. The molecule has 0 aromatic rings. The molecule has 2 atom stereocenters. The van der Waals surface area contributed by atoms with Crippen molar-refractivity contribution in [1.82, 2.24) is 0 Å². The second-order valence-electron chi connectivity index (χ2n) is 5.64. The molecule has 0 spiro atoms. The van der Waals surface area contributed by atoms with Crippen LogP contribution >= 0.6 is 0 Å². The Kier molecular flexibility index (Phi) is 6.18. The molecule has 0 bridgehead atoms. The van der Waals surface area contributed by atoms with Crippen LogP contribution in [0.25, 0.3) is 0 Å². The van der Waals surface area contributed by atoms with E-state index in [1.165, 1.54) is 0 Å². The Balaban J connectivity index is 3.16. The van der Waals surface area contributed by atoms with Crippen molar-refractivity contribution in [3.63, 3.8) is 0 Å². The minimum atomic E-state index is -0.888. The van der Waals surface area contributed by atoms with Gasteiger partial charge in [0, 0.05) is 32.1 Å². The van der Waals surface area contributed by atoms with Crippen molar-refractivity contribution < 1.29 is 10.4 Å². The van der Waals surface area contributed by atoms with Crippen LogP contribution in [0.5, 0.6) is 0 Å². The smallest absolute Gasteiger partial charge is 0.148 e. The molecule has 0 amide bonds. The first-order valence-corrected chi connectivity index (χ1v) is 7.27. The SMILES string of the molecule is C=CC[C@H]1CC=C[C@](CC=C)(C(O)(CC=C)CC=C)[NH2+]1. The van der Waals surface area contributed by atoms with E-state index in [0.717, 1.165) is 19.3 Å². The van der Waals surface area contributed by atoms with Crippen molar-refractivity contribution in [1.29, 1.82) is 0 Å². The van der Waals surface area contributed by atoms with Crippen LogP contribution in [0.3, 0.4) is 0 Å². The Labute approximate surface area is 123 Å². The van der Waals surface area contributed by atoms with Crippen LogP contribution in [0.1, 0.15) is 32.1 Å². The highest BCUT2D eigenvalue weighted by Gasteiger charge is 2.51. The Morgan fingerprint density at radius 3 is 2.30 bits per heavy atom. The van der Waals surface area contributed by atoms with E-state index >= 15 is 0 Å². The van der Waals surface area contributed by atoms with Gasteiger partial charge in [-0.15, -0.1) is 26.3 Å². The average molecular weight is 274 g/mol. The molecule has 1 aliphatic heterocycles. The van der Waals surface area contributed by atoms with Gasteiger partial charge in [0.15, 0.2) is 0 Å². The molecule has 0 radical (unpaired) electrons. The van der Waals surface area contributed by atoms with E-state index in [0.29, 0.717) is 18.9 Å². The minimum Gasteiger partial charge on any atom is -0.382 e. The molecule has 0 saturated heterocycles. The van der Waals surface area contributed by atoms with Gasteiger partial charge in [0.1, 0.15) is 11.1 Å². The Bertz CT molecular complexity index is 386. The van der Waals surface area contributed by atoms with E-state index in [9.17, 15) is 5.11 Å². The second-order valence-corrected chi connectivity index (χ2v) is 5.64. The van der Waals surface area contributed by atoms with Gasteiger partial charge in [0.2, 0.25) is 0 Å². The third-order valence-electron chi connectivity index (χ3n) is 4.17. The number of aliphatic hydroxyl groups is 1. The maximum Gasteiger partial charge on any atom is 0.148 e. The number of hydrogen-bond donors (Lipinski definition) is 2. The number of nitrogens with two attached hydrogens (primary N) is 1. The summed E-state index contributed by atoms with van der Waals surface area (Å²) in [4.78, 5) is 0. The van der Waals surface area contributed by atoms with E-state index < -0.39 is 11.1 Å². The van der Waals surface area contributed by atoms with Crippen LogP contribution in [0.15, 0.2) is 62.8 Å². The van der Waals surface area contributed by atoms with Gasteiger partial charge in [0.05, 0.1) is 6.04 Å². The van der Waals surface area contributed by atoms with Gasteiger partial charge in [-0.3, -0.25) is 0 Å². The zero-order chi connectivity index (χ0) is 15.1. The molecule has 110 valence electrons. The first-order chi connectivity index (χ1) is 9.57. The molecule has 20 heavy (non-hydrogen) atoms. The lowest BCUT2D eigenvalue weighted by molar-refractivity contribution is -0.761. The van der Waals surface area contributed by atoms with Crippen molar-refractivity contribution >= 4 is 0 Å². The van der Waals surface area contributed by atoms with Gasteiger partial charge in [0.25, 0.3) is 0 Å². The molecule has 0 fully saturated rings. The highest BCUT2D eigenvalue weighted by atomic mass is 16.3. The molecule has 0 saturated carbocycles. The van der Waals surface area contributed by atoms with Crippen molar-refractivity contribution in [2.45, 2.75) is 49.3 Å². The van der Waals surface area contributed by atoms with Gasteiger partial charge >= 0.3 is 0 Å². The van der Waals surface area contributed by atoms with Crippen LogP contribution < -0.4 is 5.32 Å². The lowest BCUT2D eigenvalue weighted by Gasteiger charge is -2.45. The normalized spacial score (nSPS) is 25.9. The molecule has 1 aliphatic rings. The molecule has 0 unspecified atom stereocenters. The summed E-state index contributed by atoms with van der Waals surface area (Å²) in [6, 6.07) is 0.415. The molecule has 2 nitrogen and oxygen atoms in total. The third-order valence-corrected chi connectivity index (χ3v) is 4.17. The van der Waals surface area contributed by atoms with Gasteiger partial charge in [-0.05, 0) is 6.08 Å². The third kappa shape index (κ3) is 3.38. The van der Waals surface area contributed by atoms with Crippen molar-refractivity contribution in [3.05, 3.63) is 62.8 Å². The number of hydrogen-bond acceptors (Lipinski definition) is 1. The highest BCUT2D eigenvalue weighted by Crippen LogP contribution is 2.33. The summed E-state index contributed by atoms with van der Waals surface area (Å²) >= 11 is 0. The van der Waals surface area contributed by atoms with E-state index in [4.69, 9.17) is 0 Å².